The number of hydrogen-bond donors (Lipinski definition) is 2. The lowest BCUT2D eigenvalue weighted by Gasteiger charge is -2.38. The molecule has 2 aromatic rings. The van der Waals surface area contributed by atoms with E-state index in [2.05, 4.69) is 10.3 Å². The summed E-state index contributed by atoms with van der Waals surface area (Å²) in [6.45, 7) is 1.46. The van der Waals surface area contributed by atoms with Crippen LogP contribution in [-0.4, -0.2) is 64.8 Å². The highest BCUT2D eigenvalue weighted by Gasteiger charge is 2.46. The number of aliphatic hydroxyl groups is 1. The highest BCUT2D eigenvalue weighted by Crippen LogP contribution is 2.47. The zero-order chi connectivity index (χ0) is 23.5. The first-order valence-electron chi connectivity index (χ1n) is 12.1. The molecule has 4 atom stereocenters. The van der Waals surface area contributed by atoms with Gasteiger partial charge in [-0.05, 0) is 61.6 Å². The number of likely N-dealkylation sites (tertiary alicyclic amines) is 1. The molecule has 5 rings (SSSR count). The van der Waals surface area contributed by atoms with Crippen molar-refractivity contribution in [3.05, 3.63) is 53.9 Å². The number of carbonyl (C=O) groups is 2. The van der Waals surface area contributed by atoms with Gasteiger partial charge in [-0.3, -0.25) is 14.6 Å². The summed E-state index contributed by atoms with van der Waals surface area (Å²) < 4.78 is 12.2. The number of benzene rings is 1. The molecule has 0 aliphatic carbocycles. The van der Waals surface area contributed by atoms with Gasteiger partial charge in [0.15, 0.2) is 0 Å². The van der Waals surface area contributed by atoms with E-state index >= 15 is 0 Å². The Kier molecular flexibility index (Phi) is 6.78. The monoisotopic (exact) mass is 465 g/mol. The summed E-state index contributed by atoms with van der Waals surface area (Å²) in [5.74, 6) is 0.757. The van der Waals surface area contributed by atoms with Gasteiger partial charge in [0.05, 0.1) is 25.6 Å². The number of hydrogen-bond acceptors (Lipinski definition) is 6. The molecule has 0 saturated carbocycles. The number of carbonyl (C=O) groups excluding carboxylic acids is 2. The van der Waals surface area contributed by atoms with Gasteiger partial charge >= 0.3 is 0 Å². The molecule has 4 heterocycles. The third kappa shape index (κ3) is 4.93. The highest BCUT2D eigenvalue weighted by molar-refractivity contribution is 5.92. The average Bonchev–Trinajstić information content (AvgIpc) is 3.22. The zero-order valence-electron chi connectivity index (χ0n) is 19.2. The predicted molar refractivity (Wildman–Crippen MR) is 126 cm³/mol. The summed E-state index contributed by atoms with van der Waals surface area (Å²) in [5, 5.41) is 12.9. The van der Waals surface area contributed by atoms with E-state index < -0.39 is 6.10 Å². The Hall–Kier alpha value is -2.97. The van der Waals surface area contributed by atoms with Crippen molar-refractivity contribution in [2.45, 2.75) is 62.8 Å². The van der Waals surface area contributed by atoms with Gasteiger partial charge < -0.3 is 24.8 Å². The molecule has 3 aliphatic rings. The Labute approximate surface area is 199 Å². The summed E-state index contributed by atoms with van der Waals surface area (Å²) in [7, 11) is 0. The Morgan fingerprint density at radius 3 is 2.68 bits per heavy atom. The predicted octanol–water partition coefficient (Wildman–Crippen LogP) is 2.66. The van der Waals surface area contributed by atoms with Crippen LogP contribution in [0.3, 0.4) is 0 Å². The van der Waals surface area contributed by atoms with Crippen LogP contribution in [0.2, 0.25) is 0 Å². The van der Waals surface area contributed by atoms with Crippen molar-refractivity contribution >= 4 is 17.5 Å². The van der Waals surface area contributed by atoms with Crippen molar-refractivity contribution in [2.75, 3.05) is 25.0 Å². The molecule has 3 aliphatic heterocycles. The number of amides is 2. The SMILES string of the molecule is O=C(Cc1ccncc1)Nc1ccc2c(c1)[C@H]1C[C@@H](CC(=O)N3CCCCC3)O[C@H](CO)[C@H]1O2. The number of nitrogens with zero attached hydrogens (tertiary/aromatic N) is 2. The molecule has 2 saturated heterocycles. The molecule has 1 aromatic carbocycles. The second-order valence-corrected chi connectivity index (χ2v) is 9.38. The Bertz CT molecular complexity index is 1020. The minimum Gasteiger partial charge on any atom is -0.487 e. The first-order valence-corrected chi connectivity index (χ1v) is 12.1. The van der Waals surface area contributed by atoms with Crippen molar-refractivity contribution in [1.29, 1.82) is 0 Å². The van der Waals surface area contributed by atoms with Crippen LogP contribution in [0, 0.1) is 0 Å². The summed E-state index contributed by atoms with van der Waals surface area (Å²) in [4.78, 5) is 31.3. The molecule has 0 spiro atoms. The van der Waals surface area contributed by atoms with Crippen molar-refractivity contribution < 1.29 is 24.2 Å². The molecule has 0 radical (unpaired) electrons. The van der Waals surface area contributed by atoms with E-state index in [1.165, 1.54) is 6.42 Å². The van der Waals surface area contributed by atoms with E-state index in [9.17, 15) is 14.7 Å². The van der Waals surface area contributed by atoms with E-state index in [1.807, 2.05) is 35.2 Å². The van der Waals surface area contributed by atoms with Crippen LogP contribution in [0.5, 0.6) is 5.75 Å². The van der Waals surface area contributed by atoms with Crippen molar-refractivity contribution in [2.24, 2.45) is 0 Å². The second-order valence-electron chi connectivity index (χ2n) is 9.38. The van der Waals surface area contributed by atoms with Crippen molar-refractivity contribution in [3.8, 4) is 5.75 Å². The standard InChI is InChI=1S/C26H31N3O5/c30-16-23-26-21(14-19(33-23)15-25(32)29-10-2-1-3-11-29)20-13-18(4-5-22(20)34-26)28-24(31)12-17-6-8-27-9-7-17/h4-9,13,19,21,23,26,30H,1-3,10-12,14-16H2,(H,28,31)/t19-,21+,23+,26-/m0/s1. The number of pyridine rings is 1. The van der Waals surface area contributed by atoms with E-state index in [0.29, 0.717) is 18.5 Å². The average molecular weight is 466 g/mol. The fraction of sp³-hybridized carbons (Fsp3) is 0.500. The van der Waals surface area contributed by atoms with Crippen LogP contribution in [0.4, 0.5) is 5.69 Å². The lowest BCUT2D eigenvalue weighted by Crippen LogP contribution is -2.48. The molecular formula is C26H31N3O5. The lowest BCUT2D eigenvalue weighted by molar-refractivity contribution is -0.149. The van der Waals surface area contributed by atoms with E-state index in [1.54, 1.807) is 12.4 Å². The minimum atomic E-state index is -0.491. The maximum atomic E-state index is 12.8. The van der Waals surface area contributed by atoms with E-state index in [0.717, 1.165) is 42.8 Å². The summed E-state index contributed by atoms with van der Waals surface area (Å²) in [5.41, 5.74) is 2.59. The minimum absolute atomic E-state index is 0.00268. The quantitative estimate of drug-likeness (QED) is 0.680. The van der Waals surface area contributed by atoms with Gasteiger partial charge in [-0.1, -0.05) is 0 Å². The van der Waals surface area contributed by atoms with Gasteiger partial charge in [-0.15, -0.1) is 0 Å². The van der Waals surface area contributed by atoms with Gasteiger partial charge in [0.25, 0.3) is 0 Å². The molecule has 34 heavy (non-hydrogen) atoms. The summed E-state index contributed by atoms with van der Waals surface area (Å²) in [6.07, 6.45) is 6.79. The number of piperidine rings is 1. The third-order valence-corrected chi connectivity index (χ3v) is 7.01. The van der Waals surface area contributed by atoms with Gasteiger partial charge in [0.1, 0.15) is 18.0 Å². The molecule has 2 amide bonds. The number of anilines is 1. The molecule has 1 aromatic heterocycles. The number of aliphatic hydroxyl groups excluding tert-OH is 1. The molecular weight excluding hydrogens is 434 g/mol. The molecule has 8 nitrogen and oxygen atoms in total. The molecule has 8 heteroatoms. The van der Waals surface area contributed by atoms with E-state index in [4.69, 9.17) is 9.47 Å². The molecule has 180 valence electrons. The third-order valence-electron chi connectivity index (χ3n) is 7.01. The fourth-order valence-electron chi connectivity index (χ4n) is 5.33. The molecule has 0 bridgehead atoms. The Morgan fingerprint density at radius 2 is 1.91 bits per heavy atom. The van der Waals surface area contributed by atoms with Crippen LogP contribution < -0.4 is 10.1 Å². The van der Waals surface area contributed by atoms with Gasteiger partial charge in [-0.25, -0.2) is 0 Å². The van der Waals surface area contributed by atoms with Crippen LogP contribution in [-0.2, 0) is 20.7 Å². The second kappa shape index (κ2) is 10.1. The first kappa shape index (κ1) is 22.8. The van der Waals surface area contributed by atoms with Crippen molar-refractivity contribution in [1.82, 2.24) is 9.88 Å². The number of ether oxygens (including phenoxy) is 2. The molecule has 2 fully saturated rings. The maximum absolute atomic E-state index is 12.8. The molecule has 0 unspecified atom stereocenters. The van der Waals surface area contributed by atoms with E-state index in [-0.39, 0.29) is 43.0 Å². The van der Waals surface area contributed by atoms with Crippen LogP contribution in [0.1, 0.15) is 49.1 Å². The number of rotatable bonds is 6. The van der Waals surface area contributed by atoms with Gasteiger partial charge in [-0.2, -0.15) is 0 Å². The first-order chi connectivity index (χ1) is 16.6. The highest BCUT2D eigenvalue weighted by atomic mass is 16.6. The summed E-state index contributed by atoms with van der Waals surface area (Å²) >= 11 is 0. The normalized spacial score (nSPS) is 25.7. The smallest absolute Gasteiger partial charge is 0.228 e. The molecule has 2 N–H and O–H groups in total. The van der Waals surface area contributed by atoms with Crippen LogP contribution >= 0.6 is 0 Å². The summed E-state index contributed by atoms with van der Waals surface area (Å²) in [6, 6.07) is 9.28. The van der Waals surface area contributed by atoms with Gasteiger partial charge in [0, 0.05) is 42.7 Å². The fourth-order valence-corrected chi connectivity index (χ4v) is 5.33. The van der Waals surface area contributed by atoms with Crippen LogP contribution in [0.25, 0.3) is 0 Å². The maximum Gasteiger partial charge on any atom is 0.228 e. The number of aromatic nitrogens is 1. The largest absolute Gasteiger partial charge is 0.487 e. The van der Waals surface area contributed by atoms with Crippen molar-refractivity contribution in [3.63, 3.8) is 0 Å². The zero-order valence-corrected chi connectivity index (χ0v) is 19.2. The van der Waals surface area contributed by atoms with Crippen LogP contribution in [0.15, 0.2) is 42.7 Å². The Morgan fingerprint density at radius 1 is 1.12 bits per heavy atom. The Balaban J connectivity index is 1.28. The number of nitrogens with one attached hydrogen (secondary N) is 1. The lowest BCUT2D eigenvalue weighted by atomic mass is 9.84. The topological polar surface area (TPSA) is 101 Å². The van der Waals surface area contributed by atoms with Gasteiger partial charge in [0.2, 0.25) is 11.8 Å². The number of fused-ring (bicyclic) bond motifs is 3.